The summed E-state index contributed by atoms with van der Waals surface area (Å²) in [4.78, 5) is 24.6. The molecule has 0 radical (unpaired) electrons. The van der Waals surface area contributed by atoms with Gasteiger partial charge in [0.05, 0.1) is 34.8 Å². The zero-order valence-electron chi connectivity index (χ0n) is 15.9. The molecule has 3 rings (SSSR count). The summed E-state index contributed by atoms with van der Waals surface area (Å²) in [6.45, 7) is 3.69. The van der Waals surface area contributed by atoms with Crippen LogP contribution < -0.4 is 15.6 Å². The maximum absolute atomic E-state index is 12.3. The van der Waals surface area contributed by atoms with Crippen molar-refractivity contribution < 1.29 is 14.3 Å². The molecule has 1 aromatic heterocycles. The molecular weight excluding hydrogens is 415 g/mol. The predicted octanol–water partition coefficient (Wildman–Crippen LogP) is 3.88. The molecule has 29 heavy (non-hydrogen) atoms. The van der Waals surface area contributed by atoms with Gasteiger partial charge in [0.2, 0.25) is 0 Å². The van der Waals surface area contributed by atoms with E-state index in [1.54, 1.807) is 35.0 Å². The van der Waals surface area contributed by atoms with Crippen LogP contribution in [0.2, 0.25) is 10.0 Å². The second kappa shape index (κ2) is 8.55. The van der Waals surface area contributed by atoms with E-state index in [1.807, 2.05) is 13.8 Å². The topological polar surface area (TPSA) is 85.3 Å². The molecule has 9 heteroatoms. The number of nitrogens with zero attached hydrogens (tertiary/aromatic N) is 2. The lowest BCUT2D eigenvalue weighted by Gasteiger charge is -2.11. The van der Waals surface area contributed by atoms with Crippen molar-refractivity contribution in [2.24, 2.45) is 0 Å². The lowest BCUT2D eigenvalue weighted by molar-refractivity contribution is 0.0845. The molecule has 0 saturated heterocycles. The summed E-state index contributed by atoms with van der Waals surface area (Å²) in [5.41, 5.74) is 7.65. The Morgan fingerprint density at radius 2 is 1.66 bits per heavy atom. The number of hydrazine groups is 1. The quantitative estimate of drug-likeness (QED) is 0.612. The molecule has 0 aliphatic heterocycles. The van der Waals surface area contributed by atoms with Gasteiger partial charge in [0.15, 0.2) is 0 Å². The average Bonchev–Trinajstić information content (AvgIpc) is 2.99. The van der Waals surface area contributed by atoms with Crippen LogP contribution in [0.25, 0.3) is 5.69 Å². The lowest BCUT2D eigenvalue weighted by Crippen LogP contribution is -2.41. The van der Waals surface area contributed by atoms with Crippen molar-refractivity contribution in [3.63, 3.8) is 0 Å². The zero-order chi connectivity index (χ0) is 21.1. The molecule has 0 atom stereocenters. The molecule has 0 bridgehead atoms. The van der Waals surface area contributed by atoms with E-state index in [0.29, 0.717) is 21.4 Å². The molecule has 2 aromatic carbocycles. The van der Waals surface area contributed by atoms with Gasteiger partial charge in [0, 0.05) is 10.6 Å². The van der Waals surface area contributed by atoms with Crippen LogP contribution in [0.3, 0.4) is 0 Å². The Kier molecular flexibility index (Phi) is 6.10. The molecule has 0 saturated carbocycles. The smallest absolute Gasteiger partial charge is 0.273 e. The van der Waals surface area contributed by atoms with Crippen LogP contribution in [0.1, 0.15) is 32.1 Å². The normalized spacial score (nSPS) is 10.5. The van der Waals surface area contributed by atoms with Gasteiger partial charge < -0.3 is 4.74 Å². The number of nitrogens with one attached hydrogen (secondary N) is 2. The van der Waals surface area contributed by atoms with E-state index in [2.05, 4.69) is 16.0 Å². The first kappa shape index (κ1) is 20.7. The minimum absolute atomic E-state index is 0.244. The van der Waals surface area contributed by atoms with Crippen LogP contribution in [0.15, 0.2) is 42.5 Å². The van der Waals surface area contributed by atoms with Gasteiger partial charge in [0.1, 0.15) is 5.75 Å². The number of methoxy groups -OCH3 is 1. The first-order chi connectivity index (χ1) is 13.8. The number of carbonyl (C=O) groups is 2. The third-order valence-corrected chi connectivity index (χ3v) is 5.06. The molecule has 0 aliphatic rings. The zero-order valence-corrected chi connectivity index (χ0v) is 17.4. The van der Waals surface area contributed by atoms with Gasteiger partial charge in [-0.15, -0.1) is 0 Å². The van der Waals surface area contributed by atoms with Crippen LogP contribution in [0.5, 0.6) is 5.75 Å². The molecular formula is C20H18Cl2N4O3. The molecule has 2 N–H and O–H groups in total. The summed E-state index contributed by atoms with van der Waals surface area (Å²) in [6, 6.07) is 11.3. The summed E-state index contributed by atoms with van der Waals surface area (Å²) in [7, 11) is 1.43. The molecule has 0 aliphatic carbocycles. The van der Waals surface area contributed by atoms with Crippen molar-refractivity contribution in [3.05, 3.63) is 75.0 Å². The summed E-state index contributed by atoms with van der Waals surface area (Å²) < 4.78 is 6.84. The molecule has 0 unspecified atom stereocenters. The summed E-state index contributed by atoms with van der Waals surface area (Å²) >= 11 is 12.1. The molecule has 2 amide bonds. The number of halogens is 2. The van der Waals surface area contributed by atoms with Crippen LogP contribution in [-0.2, 0) is 0 Å². The molecule has 3 aromatic rings. The first-order valence-electron chi connectivity index (χ1n) is 8.58. The van der Waals surface area contributed by atoms with Gasteiger partial charge in [0.25, 0.3) is 11.8 Å². The number of rotatable bonds is 4. The highest BCUT2D eigenvalue weighted by atomic mass is 35.5. The van der Waals surface area contributed by atoms with Gasteiger partial charge >= 0.3 is 0 Å². The highest BCUT2D eigenvalue weighted by Gasteiger charge is 2.15. The lowest BCUT2D eigenvalue weighted by atomic mass is 10.2. The summed E-state index contributed by atoms with van der Waals surface area (Å²) in [6.07, 6.45) is 0. The molecule has 150 valence electrons. The second-order valence-corrected chi connectivity index (χ2v) is 7.01. The van der Waals surface area contributed by atoms with E-state index in [-0.39, 0.29) is 5.56 Å². The fourth-order valence-electron chi connectivity index (χ4n) is 2.73. The van der Waals surface area contributed by atoms with Crippen LogP contribution in [-0.4, -0.2) is 28.7 Å². The van der Waals surface area contributed by atoms with Gasteiger partial charge in [-0.1, -0.05) is 23.2 Å². The Morgan fingerprint density at radius 1 is 1.00 bits per heavy atom. The SMILES string of the molecule is COc1cc(Cl)ccc1C(=O)NNC(=O)c1ccc(-n2nc(C)c(Cl)c2C)cc1. The summed E-state index contributed by atoms with van der Waals surface area (Å²) in [5, 5.41) is 5.42. The fourth-order valence-corrected chi connectivity index (χ4v) is 3.01. The highest BCUT2D eigenvalue weighted by molar-refractivity contribution is 6.32. The van der Waals surface area contributed by atoms with Gasteiger partial charge in [-0.25, -0.2) is 4.68 Å². The van der Waals surface area contributed by atoms with Crippen LogP contribution in [0.4, 0.5) is 0 Å². The van der Waals surface area contributed by atoms with E-state index < -0.39 is 11.8 Å². The maximum Gasteiger partial charge on any atom is 0.273 e. The fraction of sp³-hybridized carbons (Fsp3) is 0.150. The van der Waals surface area contributed by atoms with E-state index in [9.17, 15) is 9.59 Å². The Morgan fingerprint density at radius 3 is 2.24 bits per heavy atom. The highest BCUT2D eigenvalue weighted by Crippen LogP contribution is 2.23. The largest absolute Gasteiger partial charge is 0.496 e. The Balaban J connectivity index is 1.68. The first-order valence-corrected chi connectivity index (χ1v) is 9.33. The van der Waals surface area contributed by atoms with E-state index in [0.717, 1.165) is 17.1 Å². The van der Waals surface area contributed by atoms with E-state index >= 15 is 0 Å². The minimum atomic E-state index is -0.527. The molecule has 0 fully saturated rings. The Hall–Kier alpha value is -3.03. The molecule has 0 spiro atoms. The van der Waals surface area contributed by atoms with Crippen LogP contribution in [0, 0.1) is 13.8 Å². The van der Waals surface area contributed by atoms with Crippen molar-refractivity contribution in [3.8, 4) is 11.4 Å². The standard InChI is InChI=1S/C20H18Cl2N4O3/c1-11-18(22)12(2)26(25-11)15-7-4-13(5-8-15)19(27)23-24-20(28)16-9-6-14(21)10-17(16)29-3/h4-10H,1-3H3,(H,23,27)(H,24,28). The number of aryl methyl sites for hydroxylation is 1. The van der Waals surface area contributed by atoms with Gasteiger partial charge in [-0.2, -0.15) is 5.10 Å². The number of carbonyl (C=O) groups excluding carboxylic acids is 2. The number of aromatic nitrogens is 2. The Labute approximate surface area is 177 Å². The van der Waals surface area contributed by atoms with Crippen molar-refractivity contribution in [1.82, 2.24) is 20.6 Å². The second-order valence-electron chi connectivity index (χ2n) is 6.20. The molecule has 1 heterocycles. The summed E-state index contributed by atoms with van der Waals surface area (Å²) in [5.74, 6) is -0.692. The number of benzene rings is 2. The van der Waals surface area contributed by atoms with Crippen molar-refractivity contribution >= 4 is 35.0 Å². The predicted molar refractivity (Wildman–Crippen MR) is 111 cm³/mol. The maximum atomic E-state index is 12.3. The van der Waals surface area contributed by atoms with Gasteiger partial charge in [-0.05, 0) is 56.3 Å². The number of ether oxygens (including phenoxy) is 1. The molecule has 7 nitrogen and oxygen atoms in total. The van der Waals surface area contributed by atoms with Gasteiger partial charge in [-0.3, -0.25) is 20.4 Å². The van der Waals surface area contributed by atoms with Crippen molar-refractivity contribution in [2.45, 2.75) is 13.8 Å². The number of amides is 2. The Bertz CT molecular complexity index is 1080. The average molecular weight is 433 g/mol. The number of hydrogen-bond donors (Lipinski definition) is 2. The van der Waals surface area contributed by atoms with Crippen molar-refractivity contribution in [2.75, 3.05) is 7.11 Å². The van der Waals surface area contributed by atoms with E-state index in [1.165, 1.54) is 19.2 Å². The van der Waals surface area contributed by atoms with Crippen molar-refractivity contribution in [1.29, 1.82) is 0 Å². The van der Waals surface area contributed by atoms with Crippen LogP contribution >= 0.6 is 23.2 Å². The minimum Gasteiger partial charge on any atom is -0.496 e. The third-order valence-electron chi connectivity index (χ3n) is 4.27. The van der Waals surface area contributed by atoms with E-state index in [4.69, 9.17) is 27.9 Å². The third kappa shape index (κ3) is 4.36. The number of hydrogen-bond acceptors (Lipinski definition) is 4. The monoisotopic (exact) mass is 432 g/mol.